The Hall–Kier alpha value is -2.30. The van der Waals surface area contributed by atoms with Gasteiger partial charge in [-0.2, -0.15) is 0 Å². The van der Waals surface area contributed by atoms with Crippen LogP contribution >= 0.6 is 0 Å². The Labute approximate surface area is 112 Å². The summed E-state index contributed by atoms with van der Waals surface area (Å²) in [5, 5.41) is 9.43. The average Bonchev–Trinajstić information content (AvgIpc) is 2.43. The molecule has 0 aliphatic heterocycles. The zero-order chi connectivity index (χ0) is 13.8. The molecule has 5 nitrogen and oxygen atoms in total. The normalized spacial score (nSPS) is 10.4. The molecule has 0 saturated heterocycles. The number of nitrogens with one attached hydrogen (secondary N) is 1. The highest BCUT2D eigenvalue weighted by Crippen LogP contribution is 2.27. The Kier molecular flexibility index (Phi) is 3.85. The second-order valence-electron chi connectivity index (χ2n) is 4.42. The first-order valence-electron chi connectivity index (χ1n) is 6.08. The molecule has 1 heterocycles. The van der Waals surface area contributed by atoms with E-state index >= 15 is 0 Å². The number of hydrogen-bond acceptors (Lipinski definition) is 4. The standard InChI is InChI=1S/C14H18N4O/c1-18(8-6-13(15)16)14-12-4-3-11(19-2)9-10(12)5-7-17-14/h3-5,7,9H,6,8H2,1-2H3,(H3,15,16). The largest absolute Gasteiger partial charge is 0.497 e. The van der Waals surface area contributed by atoms with Crippen LogP contribution in [0.3, 0.4) is 0 Å². The molecular weight excluding hydrogens is 240 g/mol. The van der Waals surface area contributed by atoms with Gasteiger partial charge < -0.3 is 15.4 Å². The summed E-state index contributed by atoms with van der Waals surface area (Å²) in [6.45, 7) is 0.674. The van der Waals surface area contributed by atoms with Crippen LogP contribution in [0.2, 0.25) is 0 Å². The van der Waals surface area contributed by atoms with Gasteiger partial charge in [-0.1, -0.05) is 0 Å². The molecule has 0 spiro atoms. The van der Waals surface area contributed by atoms with Crippen molar-refractivity contribution in [2.75, 3.05) is 25.6 Å². The first kappa shape index (κ1) is 13.1. The van der Waals surface area contributed by atoms with Gasteiger partial charge in [0.25, 0.3) is 0 Å². The SMILES string of the molecule is COc1ccc2c(N(C)CCC(=N)N)nccc2c1. The molecule has 2 aromatic rings. The highest BCUT2D eigenvalue weighted by atomic mass is 16.5. The van der Waals surface area contributed by atoms with E-state index in [1.165, 1.54) is 0 Å². The van der Waals surface area contributed by atoms with E-state index in [1.807, 2.05) is 36.2 Å². The van der Waals surface area contributed by atoms with E-state index in [1.54, 1.807) is 13.3 Å². The summed E-state index contributed by atoms with van der Waals surface area (Å²) in [6.07, 6.45) is 2.31. The first-order valence-corrected chi connectivity index (χ1v) is 6.08. The number of pyridine rings is 1. The third-order valence-electron chi connectivity index (χ3n) is 3.03. The van der Waals surface area contributed by atoms with E-state index in [-0.39, 0.29) is 5.84 Å². The van der Waals surface area contributed by atoms with Crippen molar-refractivity contribution in [3.63, 3.8) is 0 Å². The minimum atomic E-state index is 0.189. The molecule has 3 N–H and O–H groups in total. The topological polar surface area (TPSA) is 75.2 Å². The summed E-state index contributed by atoms with van der Waals surface area (Å²) in [5.41, 5.74) is 5.39. The Morgan fingerprint density at radius 2 is 2.21 bits per heavy atom. The van der Waals surface area contributed by atoms with Crippen LogP contribution in [-0.4, -0.2) is 31.5 Å². The van der Waals surface area contributed by atoms with Crippen LogP contribution in [0.4, 0.5) is 5.82 Å². The number of nitrogens with two attached hydrogens (primary N) is 1. The average molecular weight is 258 g/mol. The van der Waals surface area contributed by atoms with Crippen LogP contribution < -0.4 is 15.4 Å². The predicted octanol–water partition coefficient (Wildman–Crippen LogP) is 2.01. The van der Waals surface area contributed by atoms with Crippen LogP contribution in [0.1, 0.15) is 6.42 Å². The number of fused-ring (bicyclic) bond motifs is 1. The highest BCUT2D eigenvalue weighted by Gasteiger charge is 2.08. The fourth-order valence-electron chi connectivity index (χ4n) is 1.97. The molecule has 0 radical (unpaired) electrons. The molecule has 0 aliphatic rings. The maximum absolute atomic E-state index is 7.28. The quantitative estimate of drug-likeness (QED) is 0.635. The monoisotopic (exact) mass is 258 g/mol. The van der Waals surface area contributed by atoms with Crippen LogP contribution in [0.25, 0.3) is 10.8 Å². The smallest absolute Gasteiger partial charge is 0.136 e. The second kappa shape index (κ2) is 5.56. The third-order valence-corrected chi connectivity index (χ3v) is 3.03. The predicted molar refractivity (Wildman–Crippen MR) is 78.1 cm³/mol. The lowest BCUT2D eigenvalue weighted by Crippen LogP contribution is -2.24. The van der Waals surface area contributed by atoms with Gasteiger partial charge in [-0.05, 0) is 29.7 Å². The Morgan fingerprint density at radius 1 is 1.42 bits per heavy atom. The van der Waals surface area contributed by atoms with Crippen molar-refractivity contribution in [2.45, 2.75) is 6.42 Å². The van der Waals surface area contributed by atoms with E-state index in [2.05, 4.69) is 4.98 Å². The number of methoxy groups -OCH3 is 1. The van der Waals surface area contributed by atoms with Crippen molar-refractivity contribution in [3.05, 3.63) is 30.5 Å². The minimum absolute atomic E-state index is 0.189. The van der Waals surface area contributed by atoms with Gasteiger partial charge in [-0.25, -0.2) is 4.98 Å². The van der Waals surface area contributed by atoms with Crippen molar-refractivity contribution in [3.8, 4) is 5.75 Å². The molecule has 0 fully saturated rings. The van der Waals surface area contributed by atoms with Gasteiger partial charge >= 0.3 is 0 Å². The number of amidine groups is 1. The van der Waals surface area contributed by atoms with E-state index in [0.717, 1.165) is 22.3 Å². The molecule has 0 atom stereocenters. The molecule has 5 heteroatoms. The van der Waals surface area contributed by atoms with Gasteiger partial charge in [-0.3, -0.25) is 5.41 Å². The van der Waals surface area contributed by atoms with Crippen molar-refractivity contribution < 1.29 is 4.74 Å². The molecule has 19 heavy (non-hydrogen) atoms. The maximum atomic E-state index is 7.28. The lowest BCUT2D eigenvalue weighted by molar-refractivity contribution is 0.415. The molecule has 0 saturated carbocycles. The number of ether oxygens (including phenoxy) is 1. The summed E-state index contributed by atoms with van der Waals surface area (Å²) < 4.78 is 5.22. The number of nitrogens with zero attached hydrogens (tertiary/aromatic N) is 2. The summed E-state index contributed by atoms with van der Waals surface area (Å²) >= 11 is 0. The Morgan fingerprint density at radius 3 is 2.89 bits per heavy atom. The number of aromatic nitrogens is 1. The fraction of sp³-hybridized carbons (Fsp3) is 0.286. The van der Waals surface area contributed by atoms with Gasteiger partial charge in [0.05, 0.1) is 12.9 Å². The summed E-state index contributed by atoms with van der Waals surface area (Å²) in [6, 6.07) is 7.87. The summed E-state index contributed by atoms with van der Waals surface area (Å²) in [4.78, 5) is 6.42. The zero-order valence-corrected chi connectivity index (χ0v) is 11.2. The molecule has 0 amide bonds. The highest BCUT2D eigenvalue weighted by molar-refractivity contribution is 5.93. The summed E-state index contributed by atoms with van der Waals surface area (Å²) in [5.74, 6) is 1.91. The van der Waals surface area contributed by atoms with Crippen molar-refractivity contribution in [1.82, 2.24) is 4.98 Å². The van der Waals surface area contributed by atoms with Gasteiger partial charge in [0, 0.05) is 31.6 Å². The zero-order valence-electron chi connectivity index (χ0n) is 11.2. The molecule has 1 aromatic carbocycles. The van der Waals surface area contributed by atoms with E-state index in [9.17, 15) is 0 Å². The van der Waals surface area contributed by atoms with Gasteiger partial charge in [0.15, 0.2) is 0 Å². The van der Waals surface area contributed by atoms with Crippen LogP contribution in [-0.2, 0) is 0 Å². The van der Waals surface area contributed by atoms with Crippen LogP contribution in [0, 0.1) is 5.41 Å². The Balaban J connectivity index is 2.35. The minimum Gasteiger partial charge on any atom is -0.497 e. The van der Waals surface area contributed by atoms with Crippen LogP contribution in [0.15, 0.2) is 30.5 Å². The first-order chi connectivity index (χ1) is 9.11. The number of benzene rings is 1. The molecule has 0 aliphatic carbocycles. The molecular formula is C14H18N4O. The van der Waals surface area contributed by atoms with Gasteiger partial charge in [0.2, 0.25) is 0 Å². The lowest BCUT2D eigenvalue weighted by atomic mass is 10.1. The molecule has 0 bridgehead atoms. The Bertz CT molecular complexity index is 597. The molecule has 1 aromatic heterocycles. The second-order valence-corrected chi connectivity index (χ2v) is 4.42. The van der Waals surface area contributed by atoms with E-state index < -0.39 is 0 Å². The van der Waals surface area contributed by atoms with Crippen molar-refractivity contribution >= 4 is 22.4 Å². The summed E-state index contributed by atoms with van der Waals surface area (Å²) in [7, 11) is 3.61. The maximum Gasteiger partial charge on any atom is 0.136 e. The van der Waals surface area contributed by atoms with E-state index in [0.29, 0.717) is 13.0 Å². The molecule has 2 rings (SSSR count). The molecule has 0 unspecified atom stereocenters. The van der Waals surface area contributed by atoms with Crippen molar-refractivity contribution in [2.24, 2.45) is 5.73 Å². The molecule has 100 valence electrons. The number of anilines is 1. The number of hydrogen-bond donors (Lipinski definition) is 2. The van der Waals surface area contributed by atoms with E-state index in [4.69, 9.17) is 15.9 Å². The van der Waals surface area contributed by atoms with Crippen LogP contribution in [0.5, 0.6) is 5.75 Å². The lowest BCUT2D eigenvalue weighted by Gasteiger charge is -2.19. The number of rotatable bonds is 5. The third kappa shape index (κ3) is 2.93. The van der Waals surface area contributed by atoms with Crippen molar-refractivity contribution in [1.29, 1.82) is 5.41 Å². The fourth-order valence-corrected chi connectivity index (χ4v) is 1.97. The van der Waals surface area contributed by atoms with Gasteiger partial charge in [0.1, 0.15) is 11.6 Å². The van der Waals surface area contributed by atoms with Gasteiger partial charge in [-0.15, -0.1) is 0 Å².